The van der Waals surface area contributed by atoms with Crippen molar-refractivity contribution in [2.24, 2.45) is 5.10 Å². The van der Waals surface area contributed by atoms with E-state index in [0.29, 0.717) is 23.6 Å². The van der Waals surface area contributed by atoms with Crippen LogP contribution in [0.1, 0.15) is 21.5 Å². The van der Waals surface area contributed by atoms with Gasteiger partial charge in [0.15, 0.2) is 0 Å². The Morgan fingerprint density at radius 1 is 1.07 bits per heavy atom. The average molecular weight is 391 g/mol. The van der Waals surface area contributed by atoms with Gasteiger partial charge in [-0.2, -0.15) is 5.10 Å². The second kappa shape index (κ2) is 9.36. The monoisotopic (exact) mass is 391 g/mol. The number of benzene rings is 2. The minimum Gasteiger partial charge on any atom is -0.497 e. The summed E-state index contributed by atoms with van der Waals surface area (Å²) < 4.78 is 11.9. The van der Waals surface area contributed by atoms with Gasteiger partial charge in [0.25, 0.3) is 11.5 Å². The van der Waals surface area contributed by atoms with E-state index in [4.69, 9.17) is 9.47 Å². The Hall–Kier alpha value is -3.87. The Kier molecular flexibility index (Phi) is 6.42. The summed E-state index contributed by atoms with van der Waals surface area (Å²) in [4.78, 5) is 25.1. The highest BCUT2D eigenvalue weighted by molar-refractivity contribution is 5.94. The van der Waals surface area contributed by atoms with Gasteiger partial charge in [0, 0.05) is 17.8 Å². The number of hydrazone groups is 1. The third-order valence-electron chi connectivity index (χ3n) is 4.27. The molecule has 29 heavy (non-hydrogen) atoms. The van der Waals surface area contributed by atoms with Crippen LogP contribution >= 0.6 is 0 Å². The van der Waals surface area contributed by atoms with E-state index in [1.807, 2.05) is 30.3 Å². The Balaban J connectivity index is 1.74. The molecule has 0 bridgehead atoms. The SMILES string of the molecule is COc1ccc(/C=N\NC(=O)c2cccn(Cc3ccccc3)c2=O)c(OC)c1. The Morgan fingerprint density at radius 2 is 1.86 bits per heavy atom. The van der Waals surface area contributed by atoms with E-state index in [9.17, 15) is 9.59 Å². The lowest BCUT2D eigenvalue weighted by Gasteiger charge is -2.08. The number of carbonyl (C=O) groups is 1. The molecule has 1 heterocycles. The molecule has 0 unspecified atom stereocenters. The lowest BCUT2D eigenvalue weighted by molar-refractivity contribution is 0.0953. The molecule has 0 aliphatic heterocycles. The zero-order chi connectivity index (χ0) is 20.6. The van der Waals surface area contributed by atoms with Crippen molar-refractivity contribution in [3.63, 3.8) is 0 Å². The molecule has 0 aliphatic rings. The van der Waals surface area contributed by atoms with Gasteiger partial charge in [-0.25, -0.2) is 5.43 Å². The fourth-order valence-electron chi connectivity index (χ4n) is 2.76. The van der Waals surface area contributed by atoms with Crippen LogP contribution in [-0.2, 0) is 6.54 Å². The Bertz CT molecular complexity index is 1070. The maximum atomic E-state index is 12.6. The fraction of sp³-hybridized carbons (Fsp3) is 0.136. The predicted octanol–water partition coefficient (Wildman–Crippen LogP) is 2.68. The van der Waals surface area contributed by atoms with Crippen molar-refractivity contribution in [2.45, 2.75) is 6.54 Å². The van der Waals surface area contributed by atoms with E-state index in [2.05, 4.69) is 10.5 Å². The van der Waals surface area contributed by atoms with Crippen molar-refractivity contribution < 1.29 is 14.3 Å². The number of methoxy groups -OCH3 is 2. The standard InChI is InChI=1S/C22H21N3O4/c1-28-18-11-10-17(20(13-18)29-2)14-23-24-21(26)19-9-6-12-25(22(19)27)15-16-7-4-3-5-8-16/h3-14H,15H2,1-2H3,(H,24,26)/b23-14-. The van der Waals surface area contributed by atoms with Gasteiger partial charge in [0.1, 0.15) is 17.1 Å². The van der Waals surface area contributed by atoms with Gasteiger partial charge in [0.2, 0.25) is 0 Å². The number of nitrogens with one attached hydrogen (secondary N) is 1. The summed E-state index contributed by atoms with van der Waals surface area (Å²) >= 11 is 0. The molecule has 148 valence electrons. The van der Waals surface area contributed by atoms with Crippen molar-refractivity contribution in [3.05, 3.63) is 93.9 Å². The van der Waals surface area contributed by atoms with Crippen LogP contribution in [0.25, 0.3) is 0 Å². The van der Waals surface area contributed by atoms with Crippen molar-refractivity contribution in [3.8, 4) is 11.5 Å². The summed E-state index contributed by atoms with van der Waals surface area (Å²) in [6, 6.07) is 17.9. The molecule has 3 rings (SSSR count). The van der Waals surface area contributed by atoms with Crippen molar-refractivity contribution >= 4 is 12.1 Å². The first-order valence-corrected chi connectivity index (χ1v) is 8.91. The van der Waals surface area contributed by atoms with Gasteiger partial charge >= 0.3 is 0 Å². The van der Waals surface area contributed by atoms with E-state index < -0.39 is 5.91 Å². The lowest BCUT2D eigenvalue weighted by Crippen LogP contribution is -2.30. The molecule has 0 fully saturated rings. The molecule has 0 saturated heterocycles. The molecule has 0 radical (unpaired) electrons. The first-order chi connectivity index (χ1) is 14.1. The number of hydrogen-bond acceptors (Lipinski definition) is 5. The third kappa shape index (κ3) is 4.90. The van der Waals surface area contributed by atoms with Gasteiger partial charge in [-0.3, -0.25) is 9.59 Å². The highest BCUT2D eigenvalue weighted by Gasteiger charge is 2.12. The van der Waals surface area contributed by atoms with Gasteiger partial charge in [-0.05, 0) is 29.8 Å². The number of pyridine rings is 1. The number of nitrogens with zero attached hydrogens (tertiary/aromatic N) is 2. The first kappa shape index (κ1) is 19.9. The van der Waals surface area contributed by atoms with Crippen LogP contribution in [0.15, 0.2) is 76.8 Å². The zero-order valence-electron chi connectivity index (χ0n) is 16.2. The number of amides is 1. The van der Waals surface area contributed by atoms with Crippen molar-refractivity contribution in [2.75, 3.05) is 14.2 Å². The molecular weight excluding hydrogens is 370 g/mol. The van der Waals surface area contributed by atoms with Crippen LogP contribution in [0.2, 0.25) is 0 Å². The number of aromatic nitrogens is 1. The molecule has 1 amide bonds. The Morgan fingerprint density at radius 3 is 2.59 bits per heavy atom. The lowest BCUT2D eigenvalue weighted by atomic mass is 10.2. The fourth-order valence-corrected chi connectivity index (χ4v) is 2.76. The number of ether oxygens (including phenoxy) is 2. The predicted molar refractivity (Wildman–Crippen MR) is 111 cm³/mol. The number of carbonyl (C=O) groups excluding carboxylic acids is 1. The van der Waals surface area contributed by atoms with E-state index in [-0.39, 0.29) is 11.1 Å². The summed E-state index contributed by atoms with van der Waals surface area (Å²) in [6.45, 7) is 0.382. The van der Waals surface area contributed by atoms with Gasteiger partial charge in [-0.1, -0.05) is 30.3 Å². The third-order valence-corrected chi connectivity index (χ3v) is 4.27. The average Bonchev–Trinajstić information content (AvgIpc) is 2.76. The molecule has 0 saturated carbocycles. The van der Waals surface area contributed by atoms with E-state index >= 15 is 0 Å². The minimum absolute atomic E-state index is 0.0160. The molecule has 1 N–H and O–H groups in total. The quantitative estimate of drug-likeness (QED) is 0.496. The van der Waals surface area contributed by atoms with Gasteiger partial charge < -0.3 is 14.0 Å². The zero-order valence-corrected chi connectivity index (χ0v) is 16.2. The Labute approximate surface area is 168 Å². The minimum atomic E-state index is -0.582. The van der Waals surface area contributed by atoms with Crippen molar-refractivity contribution in [1.82, 2.24) is 9.99 Å². The maximum Gasteiger partial charge on any atom is 0.276 e. The van der Waals surface area contributed by atoms with Gasteiger partial charge in [-0.15, -0.1) is 0 Å². The number of rotatable bonds is 7. The topological polar surface area (TPSA) is 81.9 Å². The van der Waals surface area contributed by atoms with Crippen LogP contribution in [0.3, 0.4) is 0 Å². The summed E-state index contributed by atoms with van der Waals surface area (Å²) in [5.74, 6) is 0.611. The summed E-state index contributed by atoms with van der Waals surface area (Å²) in [5.41, 5.74) is 3.65. The molecule has 2 aromatic carbocycles. The normalized spacial score (nSPS) is 10.7. The number of hydrogen-bond donors (Lipinski definition) is 1. The van der Waals surface area contributed by atoms with Crippen LogP contribution in [0.5, 0.6) is 11.5 Å². The second-order valence-electron chi connectivity index (χ2n) is 6.15. The maximum absolute atomic E-state index is 12.6. The van der Waals surface area contributed by atoms with Crippen molar-refractivity contribution in [1.29, 1.82) is 0 Å². The molecule has 7 heteroatoms. The molecule has 7 nitrogen and oxygen atoms in total. The van der Waals surface area contributed by atoms with E-state index in [1.54, 1.807) is 37.6 Å². The largest absolute Gasteiger partial charge is 0.497 e. The molecule has 0 atom stereocenters. The molecule has 0 spiro atoms. The summed E-state index contributed by atoms with van der Waals surface area (Å²) in [6.07, 6.45) is 3.10. The molecule has 0 aliphatic carbocycles. The molecule has 1 aromatic heterocycles. The first-order valence-electron chi connectivity index (χ1n) is 8.91. The molecule has 3 aromatic rings. The smallest absolute Gasteiger partial charge is 0.276 e. The summed E-state index contributed by atoms with van der Waals surface area (Å²) in [5, 5.41) is 3.94. The van der Waals surface area contributed by atoms with Gasteiger partial charge in [0.05, 0.1) is 27.0 Å². The van der Waals surface area contributed by atoms with E-state index in [0.717, 1.165) is 5.56 Å². The van der Waals surface area contributed by atoms with Crippen LogP contribution in [0.4, 0.5) is 0 Å². The molecular formula is C22H21N3O4. The van der Waals surface area contributed by atoms with Crippen LogP contribution in [0, 0.1) is 0 Å². The highest BCUT2D eigenvalue weighted by atomic mass is 16.5. The second-order valence-corrected chi connectivity index (χ2v) is 6.15. The van der Waals surface area contributed by atoms with Crippen LogP contribution in [-0.4, -0.2) is 30.9 Å². The summed E-state index contributed by atoms with van der Waals surface area (Å²) in [7, 11) is 3.09. The van der Waals surface area contributed by atoms with Crippen LogP contribution < -0.4 is 20.5 Å². The van der Waals surface area contributed by atoms with E-state index in [1.165, 1.54) is 24.0 Å². The highest BCUT2D eigenvalue weighted by Crippen LogP contribution is 2.22.